The molecule has 1 fully saturated rings. The van der Waals surface area contributed by atoms with Gasteiger partial charge in [-0.3, -0.25) is 0 Å². The zero-order chi connectivity index (χ0) is 20.2. The van der Waals surface area contributed by atoms with Crippen LogP contribution >= 0.6 is 0 Å². The van der Waals surface area contributed by atoms with Gasteiger partial charge in [-0.1, -0.05) is 24.3 Å². The van der Waals surface area contributed by atoms with Crippen molar-refractivity contribution >= 4 is 28.5 Å². The number of aromatic nitrogens is 4. The first-order valence-corrected chi connectivity index (χ1v) is 10.4. The fourth-order valence-electron chi connectivity index (χ4n) is 3.94. The van der Waals surface area contributed by atoms with Gasteiger partial charge in [0, 0.05) is 62.2 Å². The lowest BCUT2D eigenvalue weighted by atomic mass is 10.1. The summed E-state index contributed by atoms with van der Waals surface area (Å²) in [6.45, 7) is 4.42. The number of pyridine rings is 1. The zero-order valence-corrected chi connectivity index (χ0v) is 16.8. The predicted octanol–water partition coefficient (Wildman–Crippen LogP) is 3.33. The number of fused-ring (bicyclic) bond motifs is 1. The third-order valence-electron chi connectivity index (χ3n) is 5.55. The van der Waals surface area contributed by atoms with Crippen LogP contribution in [0.25, 0.3) is 10.9 Å². The highest BCUT2D eigenvalue weighted by atomic mass is 15.3. The number of anilines is 3. The summed E-state index contributed by atoms with van der Waals surface area (Å²) in [7, 11) is 0. The highest BCUT2D eigenvalue weighted by Crippen LogP contribution is 2.19. The van der Waals surface area contributed by atoms with E-state index < -0.39 is 0 Å². The maximum atomic E-state index is 4.74. The topological polar surface area (TPSA) is 73.0 Å². The molecule has 0 bridgehead atoms. The molecule has 0 atom stereocenters. The second-order valence-corrected chi connectivity index (χ2v) is 7.44. The van der Waals surface area contributed by atoms with Crippen molar-refractivity contribution in [3.63, 3.8) is 0 Å². The SMILES string of the molecule is c1ccc(N2CCN(c3nccc(NCCc4c[nH]c5ccccc45)n3)CC2)nc1. The second-order valence-electron chi connectivity index (χ2n) is 7.44. The lowest BCUT2D eigenvalue weighted by Crippen LogP contribution is -2.47. The molecule has 7 nitrogen and oxygen atoms in total. The number of benzene rings is 1. The van der Waals surface area contributed by atoms with Crippen LogP contribution in [0, 0.1) is 0 Å². The molecule has 1 aliphatic heterocycles. The quantitative estimate of drug-likeness (QED) is 0.518. The van der Waals surface area contributed by atoms with Gasteiger partial charge in [0.1, 0.15) is 11.6 Å². The van der Waals surface area contributed by atoms with Crippen LogP contribution < -0.4 is 15.1 Å². The van der Waals surface area contributed by atoms with Crippen molar-refractivity contribution in [2.45, 2.75) is 6.42 Å². The Morgan fingerprint density at radius 1 is 0.867 bits per heavy atom. The summed E-state index contributed by atoms with van der Waals surface area (Å²) in [6, 6.07) is 16.4. The Balaban J connectivity index is 1.18. The maximum absolute atomic E-state index is 4.74. The number of para-hydroxylation sites is 1. The molecule has 3 aromatic heterocycles. The highest BCUT2D eigenvalue weighted by molar-refractivity contribution is 5.83. The van der Waals surface area contributed by atoms with Crippen LogP contribution in [0.5, 0.6) is 0 Å². The summed E-state index contributed by atoms with van der Waals surface area (Å²) >= 11 is 0. The molecule has 152 valence electrons. The van der Waals surface area contributed by atoms with E-state index in [4.69, 9.17) is 4.98 Å². The third-order valence-corrected chi connectivity index (χ3v) is 5.55. The Morgan fingerprint density at radius 2 is 1.70 bits per heavy atom. The summed E-state index contributed by atoms with van der Waals surface area (Å²) in [4.78, 5) is 21.6. The molecular weight excluding hydrogens is 374 g/mol. The Labute approximate surface area is 175 Å². The summed E-state index contributed by atoms with van der Waals surface area (Å²) in [5.41, 5.74) is 2.50. The first-order valence-electron chi connectivity index (χ1n) is 10.4. The fourth-order valence-corrected chi connectivity index (χ4v) is 3.94. The Hall–Kier alpha value is -3.61. The van der Waals surface area contributed by atoms with Crippen LogP contribution in [0.3, 0.4) is 0 Å². The second kappa shape index (κ2) is 8.41. The monoisotopic (exact) mass is 399 g/mol. The smallest absolute Gasteiger partial charge is 0.227 e. The molecule has 4 aromatic rings. The van der Waals surface area contributed by atoms with Crippen LogP contribution in [0.2, 0.25) is 0 Å². The maximum Gasteiger partial charge on any atom is 0.227 e. The van der Waals surface area contributed by atoms with E-state index in [-0.39, 0.29) is 0 Å². The molecule has 1 aromatic carbocycles. The van der Waals surface area contributed by atoms with E-state index in [1.807, 2.05) is 30.6 Å². The van der Waals surface area contributed by atoms with Gasteiger partial charge in [-0.05, 0) is 36.2 Å². The van der Waals surface area contributed by atoms with Crippen molar-refractivity contribution in [2.75, 3.05) is 47.8 Å². The minimum absolute atomic E-state index is 0.785. The van der Waals surface area contributed by atoms with Gasteiger partial charge in [-0.15, -0.1) is 0 Å². The molecular formula is C23H25N7. The lowest BCUT2D eigenvalue weighted by molar-refractivity contribution is 0.635. The van der Waals surface area contributed by atoms with Crippen molar-refractivity contribution in [1.82, 2.24) is 19.9 Å². The average Bonchev–Trinajstić information content (AvgIpc) is 3.23. The highest BCUT2D eigenvalue weighted by Gasteiger charge is 2.20. The minimum atomic E-state index is 0.785. The van der Waals surface area contributed by atoms with Crippen LogP contribution in [0.15, 0.2) is 67.1 Å². The van der Waals surface area contributed by atoms with Crippen LogP contribution in [0.4, 0.5) is 17.6 Å². The number of aromatic amines is 1. The van der Waals surface area contributed by atoms with Gasteiger partial charge in [0.25, 0.3) is 0 Å². The molecule has 1 aliphatic rings. The third kappa shape index (κ3) is 3.91. The normalized spacial score (nSPS) is 14.3. The molecule has 5 rings (SSSR count). The van der Waals surface area contributed by atoms with Crippen molar-refractivity contribution in [3.8, 4) is 0 Å². The summed E-state index contributed by atoms with van der Waals surface area (Å²) < 4.78 is 0. The molecule has 7 heteroatoms. The van der Waals surface area contributed by atoms with Gasteiger partial charge in [0.05, 0.1) is 0 Å². The molecule has 0 radical (unpaired) electrons. The molecule has 1 saturated heterocycles. The number of hydrogen-bond acceptors (Lipinski definition) is 6. The van der Waals surface area contributed by atoms with Gasteiger partial charge in [-0.2, -0.15) is 4.98 Å². The molecule has 0 amide bonds. The van der Waals surface area contributed by atoms with Gasteiger partial charge in [0.2, 0.25) is 5.95 Å². The van der Waals surface area contributed by atoms with E-state index in [1.165, 1.54) is 16.5 Å². The van der Waals surface area contributed by atoms with Gasteiger partial charge in [0.15, 0.2) is 0 Å². The van der Waals surface area contributed by atoms with Crippen molar-refractivity contribution < 1.29 is 0 Å². The van der Waals surface area contributed by atoms with E-state index in [0.717, 1.165) is 56.7 Å². The van der Waals surface area contributed by atoms with Crippen molar-refractivity contribution in [2.24, 2.45) is 0 Å². The van der Waals surface area contributed by atoms with E-state index >= 15 is 0 Å². The molecule has 2 N–H and O–H groups in total. The van der Waals surface area contributed by atoms with Crippen molar-refractivity contribution in [1.29, 1.82) is 0 Å². The van der Waals surface area contributed by atoms with Crippen molar-refractivity contribution in [3.05, 3.63) is 72.7 Å². The number of nitrogens with zero attached hydrogens (tertiary/aromatic N) is 5. The van der Waals surface area contributed by atoms with Crippen LogP contribution in [-0.4, -0.2) is 52.7 Å². The summed E-state index contributed by atoms with van der Waals surface area (Å²) in [5, 5.41) is 4.74. The Bertz CT molecular complexity index is 1100. The van der Waals surface area contributed by atoms with E-state index in [2.05, 4.69) is 66.6 Å². The van der Waals surface area contributed by atoms with Crippen LogP contribution in [-0.2, 0) is 6.42 Å². The number of hydrogen-bond donors (Lipinski definition) is 2. The lowest BCUT2D eigenvalue weighted by Gasteiger charge is -2.35. The standard InChI is InChI=1S/C23H25N7/c1-2-6-20-19(5-1)18(17-27-20)8-11-24-21-9-12-26-23(28-21)30-15-13-29(14-16-30)22-7-3-4-10-25-22/h1-7,9-10,12,17,27H,8,11,13-16H2,(H,24,26,28). The number of rotatable bonds is 6. The van der Waals surface area contributed by atoms with Crippen LogP contribution in [0.1, 0.15) is 5.56 Å². The van der Waals surface area contributed by atoms with Gasteiger partial charge >= 0.3 is 0 Å². The average molecular weight is 400 g/mol. The molecule has 0 unspecified atom stereocenters. The fraction of sp³-hybridized carbons (Fsp3) is 0.261. The molecule has 0 spiro atoms. The summed E-state index contributed by atoms with van der Waals surface area (Å²) in [6.07, 6.45) is 6.71. The Kier molecular flexibility index (Phi) is 5.16. The minimum Gasteiger partial charge on any atom is -0.370 e. The zero-order valence-electron chi connectivity index (χ0n) is 16.8. The number of piperazine rings is 1. The number of H-pyrrole nitrogens is 1. The molecule has 30 heavy (non-hydrogen) atoms. The largest absolute Gasteiger partial charge is 0.370 e. The van der Waals surface area contributed by atoms with E-state index in [9.17, 15) is 0 Å². The van der Waals surface area contributed by atoms with Gasteiger partial charge in [-0.25, -0.2) is 9.97 Å². The molecule has 0 aliphatic carbocycles. The molecule has 0 saturated carbocycles. The van der Waals surface area contributed by atoms with E-state index in [0.29, 0.717) is 0 Å². The molecule has 4 heterocycles. The first-order chi connectivity index (χ1) is 14.9. The predicted molar refractivity (Wildman–Crippen MR) is 121 cm³/mol. The van der Waals surface area contributed by atoms with Gasteiger partial charge < -0.3 is 20.1 Å². The Morgan fingerprint density at radius 3 is 2.57 bits per heavy atom. The van der Waals surface area contributed by atoms with E-state index in [1.54, 1.807) is 0 Å². The summed E-state index contributed by atoms with van der Waals surface area (Å²) in [5.74, 6) is 2.69. The first kappa shape index (κ1) is 18.4. The number of nitrogens with one attached hydrogen (secondary N) is 2.